The highest BCUT2D eigenvalue weighted by atomic mass is 32.2. The van der Waals surface area contributed by atoms with Gasteiger partial charge in [-0.05, 0) is 12.1 Å². The number of amides is 2. The van der Waals surface area contributed by atoms with E-state index in [-0.39, 0.29) is 5.69 Å². The van der Waals surface area contributed by atoms with Crippen LogP contribution in [-0.4, -0.2) is 69.5 Å². The topological polar surface area (TPSA) is 78.0 Å². The predicted molar refractivity (Wildman–Crippen MR) is 82.8 cm³/mol. The summed E-state index contributed by atoms with van der Waals surface area (Å²) in [5.41, 5.74) is -0.158. The molecule has 0 N–H and O–H groups in total. The molecule has 126 valence electrons. The number of anilines is 1. The van der Waals surface area contributed by atoms with Crippen LogP contribution < -0.4 is 4.31 Å². The highest BCUT2D eigenvalue weighted by Gasteiger charge is 2.27. The summed E-state index contributed by atoms with van der Waals surface area (Å²) >= 11 is 0. The number of nitrogens with zero attached hydrogens (tertiary/aromatic N) is 3. The first-order chi connectivity index (χ1) is 10.8. The molecule has 23 heavy (non-hydrogen) atoms. The predicted octanol–water partition coefficient (Wildman–Crippen LogP) is -0.108. The third kappa shape index (κ3) is 4.19. The standard InChI is InChI=1S/C14H18FN3O4S/c1-23(21,22)18(13-5-3-2-4-12(13)15)10-14(20)17-8-6-16(11-19)7-9-17/h2-5,11H,6-10H2,1H3. The number of para-hydroxylation sites is 1. The summed E-state index contributed by atoms with van der Waals surface area (Å²) in [7, 11) is -3.81. The van der Waals surface area contributed by atoms with Crippen LogP contribution in [0.2, 0.25) is 0 Å². The Balaban J connectivity index is 2.15. The molecule has 1 fully saturated rings. The summed E-state index contributed by atoms with van der Waals surface area (Å²) in [4.78, 5) is 26.0. The number of benzene rings is 1. The zero-order valence-corrected chi connectivity index (χ0v) is 13.5. The Labute approximate surface area is 134 Å². The molecule has 1 aromatic rings. The van der Waals surface area contributed by atoms with Crippen molar-refractivity contribution in [2.75, 3.05) is 43.3 Å². The number of halogens is 1. The van der Waals surface area contributed by atoms with Gasteiger partial charge in [-0.3, -0.25) is 13.9 Å². The summed E-state index contributed by atoms with van der Waals surface area (Å²) in [6.45, 7) is 0.974. The highest BCUT2D eigenvalue weighted by molar-refractivity contribution is 7.92. The molecule has 1 aromatic carbocycles. The zero-order chi connectivity index (χ0) is 17.0. The molecule has 9 heteroatoms. The fourth-order valence-electron chi connectivity index (χ4n) is 2.33. The van der Waals surface area contributed by atoms with Gasteiger partial charge in [0.2, 0.25) is 22.3 Å². The second kappa shape index (κ2) is 6.95. The van der Waals surface area contributed by atoms with Gasteiger partial charge in [-0.2, -0.15) is 0 Å². The van der Waals surface area contributed by atoms with Crippen molar-refractivity contribution in [3.63, 3.8) is 0 Å². The molecule has 1 aliphatic rings. The maximum absolute atomic E-state index is 13.9. The van der Waals surface area contributed by atoms with Crippen molar-refractivity contribution < 1.29 is 22.4 Å². The number of carbonyl (C=O) groups excluding carboxylic acids is 2. The van der Waals surface area contributed by atoms with Gasteiger partial charge >= 0.3 is 0 Å². The van der Waals surface area contributed by atoms with E-state index in [2.05, 4.69) is 0 Å². The summed E-state index contributed by atoms with van der Waals surface area (Å²) in [5.74, 6) is -1.14. The van der Waals surface area contributed by atoms with E-state index in [9.17, 15) is 22.4 Å². The molecule has 0 atom stereocenters. The van der Waals surface area contributed by atoms with Crippen molar-refractivity contribution >= 4 is 28.0 Å². The van der Waals surface area contributed by atoms with Crippen LogP contribution in [0, 0.1) is 5.82 Å². The molecule has 2 rings (SSSR count). The third-order valence-corrected chi connectivity index (χ3v) is 4.74. The van der Waals surface area contributed by atoms with Crippen LogP contribution in [0.5, 0.6) is 0 Å². The first-order valence-corrected chi connectivity index (χ1v) is 8.87. The minimum absolute atomic E-state index is 0.158. The number of hydrogen-bond acceptors (Lipinski definition) is 4. The van der Waals surface area contributed by atoms with E-state index in [0.29, 0.717) is 32.6 Å². The van der Waals surface area contributed by atoms with Gasteiger partial charge in [-0.1, -0.05) is 12.1 Å². The number of carbonyl (C=O) groups is 2. The van der Waals surface area contributed by atoms with Crippen molar-refractivity contribution in [3.05, 3.63) is 30.1 Å². The third-order valence-electron chi connectivity index (χ3n) is 3.62. The largest absolute Gasteiger partial charge is 0.342 e. The molecule has 0 saturated carbocycles. The summed E-state index contributed by atoms with van der Waals surface area (Å²) in [5, 5.41) is 0. The molecule has 0 aliphatic carbocycles. The molecule has 1 heterocycles. The monoisotopic (exact) mass is 343 g/mol. The van der Waals surface area contributed by atoms with Crippen LogP contribution in [0.3, 0.4) is 0 Å². The fraction of sp³-hybridized carbons (Fsp3) is 0.429. The number of rotatable bonds is 5. The van der Waals surface area contributed by atoms with Gasteiger partial charge < -0.3 is 9.80 Å². The van der Waals surface area contributed by atoms with E-state index >= 15 is 0 Å². The molecule has 1 aliphatic heterocycles. The molecule has 0 spiro atoms. The second-order valence-corrected chi connectivity index (χ2v) is 7.15. The molecular weight excluding hydrogens is 325 g/mol. The van der Waals surface area contributed by atoms with Gasteiger partial charge in [0.25, 0.3) is 0 Å². The van der Waals surface area contributed by atoms with E-state index in [1.165, 1.54) is 28.0 Å². The van der Waals surface area contributed by atoms with Gasteiger partial charge in [0.1, 0.15) is 12.4 Å². The Kier molecular flexibility index (Phi) is 5.19. The maximum Gasteiger partial charge on any atom is 0.243 e. The van der Waals surface area contributed by atoms with Crippen LogP contribution >= 0.6 is 0 Å². The van der Waals surface area contributed by atoms with Crippen molar-refractivity contribution in [2.45, 2.75) is 0 Å². The van der Waals surface area contributed by atoms with Gasteiger partial charge in [0.15, 0.2) is 0 Å². The van der Waals surface area contributed by atoms with Gasteiger partial charge in [-0.25, -0.2) is 12.8 Å². The van der Waals surface area contributed by atoms with E-state index in [1.807, 2.05) is 0 Å². The lowest BCUT2D eigenvalue weighted by molar-refractivity contribution is -0.133. The summed E-state index contributed by atoms with van der Waals surface area (Å²) in [6, 6.07) is 5.40. The molecular formula is C14H18FN3O4S. The normalized spacial score (nSPS) is 15.4. The van der Waals surface area contributed by atoms with Crippen LogP contribution in [0.1, 0.15) is 0 Å². The average molecular weight is 343 g/mol. The Hall–Kier alpha value is -2.16. The molecule has 7 nitrogen and oxygen atoms in total. The van der Waals surface area contributed by atoms with Gasteiger partial charge in [-0.15, -0.1) is 0 Å². The number of piperazine rings is 1. The Morgan fingerprint density at radius 2 is 1.87 bits per heavy atom. The second-order valence-electron chi connectivity index (χ2n) is 5.24. The van der Waals surface area contributed by atoms with E-state index in [4.69, 9.17) is 0 Å². The number of sulfonamides is 1. The first-order valence-electron chi connectivity index (χ1n) is 7.02. The van der Waals surface area contributed by atoms with E-state index in [1.54, 1.807) is 0 Å². The average Bonchev–Trinajstić information content (AvgIpc) is 2.52. The van der Waals surface area contributed by atoms with Crippen molar-refractivity contribution in [1.82, 2.24) is 9.80 Å². The van der Waals surface area contributed by atoms with Crippen LogP contribution in [0.15, 0.2) is 24.3 Å². The van der Waals surface area contributed by atoms with Crippen LogP contribution in [0.4, 0.5) is 10.1 Å². The van der Waals surface area contributed by atoms with Crippen LogP contribution in [0.25, 0.3) is 0 Å². The van der Waals surface area contributed by atoms with Crippen LogP contribution in [-0.2, 0) is 19.6 Å². The lowest BCUT2D eigenvalue weighted by Gasteiger charge is -2.34. The van der Waals surface area contributed by atoms with Gasteiger partial charge in [0, 0.05) is 26.2 Å². The maximum atomic E-state index is 13.9. The molecule has 0 bridgehead atoms. The highest BCUT2D eigenvalue weighted by Crippen LogP contribution is 2.21. The van der Waals surface area contributed by atoms with Crippen molar-refractivity contribution in [2.24, 2.45) is 0 Å². The smallest absolute Gasteiger partial charge is 0.243 e. The molecule has 0 unspecified atom stereocenters. The molecule has 1 saturated heterocycles. The SMILES string of the molecule is CS(=O)(=O)N(CC(=O)N1CCN(C=O)CC1)c1ccccc1F. The minimum atomic E-state index is -3.81. The molecule has 0 aromatic heterocycles. The van der Waals surface area contributed by atoms with Gasteiger partial charge in [0.05, 0.1) is 11.9 Å². The Morgan fingerprint density at radius 1 is 1.26 bits per heavy atom. The lowest BCUT2D eigenvalue weighted by atomic mass is 10.3. The zero-order valence-electron chi connectivity index (χ0n) is 12.7. The Morgan fingerprint density at radius 3 is 2.39 bits per heavy atom. The first kappa shape index (κ1) is 17.2. The van der Waals surface area contributed by atoms with Crippen molar-refractivity contribution in [1.29, 1.82) is 0 Å². The van der Waals surface area contributed by atoms with Crippen molar-refractivity contribution in [3.8, 4) is 0 Å². The lowest BCUT2D eigenvalue weighted by Crippen LogP contribution is -2.51. The summed E-state index contributed by atoms with van der Waals surface area (Å²) < 4.78 is 38.5. The van der Waals surface area contributed by atoms with E-state index < -0.39 is 28.3 Å². The number of hydrogen-bond donors (Lipinski definition) is 0. The van der Waals surface area contributed by atoms with E-state index in [0.717, 1.165) is 16.6 Å². The minimum Gasteiger partial charge on any atom is -0.342 e. The quantitative estimate of drug-likeness (QED) is 0.699. The summed E-state index contributed by atoms with van der Waals surface area (Å²) in [6.07, 6.45) is 1.64. The molecule has 2 amide bonds. The fourth-order valence-corrected chi connectivity index (χ4v) is 3.18. The Bertz CT molecular complexity index is 687. The molecule has 0 radical (unpaired) electrons.